The number of nitriles is 1. The molecule has 0 saturated carbocycles. The fraction of sp³-hybridized carbons (Fsp3) is 0.222. The molecule has 73 heavy (non-hydrogen) atoms. The first-order valence-corrected chi connectivity index (χ1v) is 29.2. The molecule has 0 fully saturated rings. The second-order valence-electron chi connectivity index (χ2n) is 16.2. The van der Waals surface area contributed by atoms with E-state index in [0.717, 1.165) is 22.7 Å². The summed E-state index contributed by atoms with van der Waals surface area (Å²) in [6.07, 6.45) is 0.965. The van der Waals surface area contributed by atoms with Crippen LogP contribution in [-0.4, -0.2) is 76.6 Å². The highest BCUT2D eigenvalue weighted by molar-refractivity contribution is 7.86. The third-order valence-electron chi connectivity index (χ3n) is 11.6. The summed E-state index contributed by atoms with van der Waals surface area (Å²) < 4.78 is 140. The molecule has 0 spiro atoms. The van der Waals surface area contributed by atoms with E-state index in [9.17, 15) is 57.1 Å². The van der Waals surface area contributed by atoms with Crippen molar-refractivity contribution in [1.29, 1.82) is 5.26 Å². The Morgan fingerprint density at radius 3 is 1.63 bits per heavy atom. The molecule has 0 saturated heterocycles. The summed E-state index contributed by atoms with van der Waals surface area (Å²) in [5, 5.41) is 27.9. The Morgan fingerprint density at radius 1 is 0.644 bits per heavy atom. The number of hydrogen-bond donors (Lipinski definition) is 5. The van der Waals surface area contributed by atoms with Gasteiger partial charge in [0.2, 0.25) is 5.13 Å². The Hall–Kier alpha value is -6.65. The number of hydrogen-bond acceptors (Lipinski definition) is 19. The summed E-state index contributed by atoms with van der Waals surface area (Å²) in [6.45, 7) is 10.4. The van der Waals surface area contributed by atoms with Gasteiger partial charge in [-0.2, -0.15) is 48.7 Å². The lowest BCUT2D eigenvalue weighted by Gasteiger charge is -2.28. The van der Waals surface area contributed by atoms with E-state index >= 15 is 0 Å². The summed E-state index contributed by atoms with van der Waals surface area (Å²) in [7, 11) is -18.5. The van der Waals surface area contributed by atoms with Crippen molar-refractivity contribution in [2.45, 2.75) is 86.8 Å². The van der Waals surface area contributed by atoms with Crippen LogP contribution >= 0.6 is 22.7 Å². The Kier molecular flexibility index (Phi) is 14.2. The molecule has 4 aromatic carbocycles. The van der Waals surface area contributed by atoms with Crippen molar-refractivity contribution in [1.82, 2.24) is 24.7 Å². The molecule has 0 radical (unpaired) electrons. The normalized spacial score (nSPS) is 12.6. The first kappa shape index (κ1) is 52.7. The van der Waals surface area contributed by atoms with Crippen LogP contribution in [0.25, 0.3) is 25.6 Å². The lowest BCUT2D eigenvalue weighted by molar-refractivity contribution is 0.480. The quantitative estimate of drug-likeness (QED) is 0.0443. The minimum Gasteiger partial charge on any atom is -0.338 e. The topological polar surface area (TPSA) is 338 Å². The Balaban J connectivity index is 1.41. The summed E-state index contributed by atoms with van der Waals surface area (Å²) in [6, 6.07) is 16.7. The van der Waals surface area contributed by atoms with Gasteiger partial charge in [0.25, 0.3) is 40.5 Å². The van der Waals surface area contributed by atoms with Gasteiger partial charge in [-0.25, -0.2) is 15.0 Å². The number of fused-ring (bicyclic) bond motifs is 2. The predicted octanol–water partition coefficient (Wildman–Crippen LogP) is 9.84. The van der Waals surface area contributed by atoms with Gasteiger partial charge in [-0.05, 0) is 134 Å². The third kappa shape index (κ3) is 10.5. The number of aryl methyl sites for hydroxylation is 6. The number of benzene rings is 4. The second-order valence-corrected chi connectivity index (χ2v) is 23.9. The molecular formula is C45H42N10O12S6. The summed E-state index contributed by atoms with van der Waals surface area (Å²) >= 11 is 2.03. The number of aromatic nitrogens is 5. The van der Waals surface area contributed by atoms with E-state index < -0.39 is 40.5 Å². The maximum atomic E-state index is 12.6. The van der Waals surface area contributed by atoms with Crippen molar-refractivity contribution in [3.63, 3.8) is 0 Å². The van der Waals surface area contributed by atoms with Crippen molar-refractivity contribution in [2.75, 3.05) is 10.2 Å². The number of thiazole rings is 2. The number of pyridine rings is 1. The van der Waals surface area contributed by atoms with Crippen molar-refractivity contribution >= 4 is 123 Å². The van der Waals surface area contributed by atoms with Crippen LogP contribution in [0.1, 0.15) is 66.8 Å². The molecule has 4 aromatic heterocycles. The molecule has 8 aromatic rings. The van der Waals surface area contributed by atoms with Crippen LogP contribution in [0.15, 0.2) is 96.5 Å². The number of nitrogens with zero attached hydrogens (tertiary/aromatic N) is 9. The van der Waals surface area contributed by atoms with E-state index in [1.165, 1.54) is 65.3 Å². The molecule has 0 bridgehead atoms. The smallest absolute Gasteiger partial charge is 0.294 e. The molecule has 380 valence electrons. The zero-order valence-electron chi connectivity index (χ0n) is 39.2. The highest BCUT2D eigenvalue weighted by atomic mass is 32.2. The molecule has 0 amide bonds. The standard InChI is InChI=1S/C45H42N10O12S6/c1-7-25-16-31(72(62,63)64)17-26(8-2)40(25)50-42-39(51-52-43-33(22-46)24(6)53-55(43)45-48-35-14-12-30(71(59,60)61)21-37(35)69-45)23(5)15-38(49-42)54(41-27(9-3)18-32(73(65,66)67)19-28(41)10-4)44-47-34-13-11-29(70(56,57)58)20-36(34)68-44/h11-21H,7-10H2,1-6H3,(H,49,50)(H,56,57,58)(H,59,60,61)(H,62,63,64)(H,65,66,67). The van der Waals surface area contributed by atoms with Crippen LogP contribution in [0.2, 0.25) is 0 Å². The number of anilines is 5. The Labute approximate surface area is 426 Å². The van der Waals surface area contributed by atoms with Crippen LogP contribution in [0.5, 0.6) is 0 Å². The van der Waals surface area contributed by atoms with Crippen LogP contribution in [0.3, 0.4) is 0 Å². The van der Waals surface area contributed by atoms with Gasteiger partial charge < -0.3 is 5.32 Å². The van der Waals surface area contributed by atoms with Gasteiger partial charge in [0, 0.05) is 5.69 Å². The van der Waals surface area contributed by atoms with E-state index in [1.54, 1.807) is 52.5 Å². The van der Waals surface area contributed by atoms with Gasteiger partial charge >= 0.3 is 0 Å². The molecular weight excluding hydrogens is 1060 g/mol. The van der Waals surface area contributed by atoms with Crippen LogP contribution in [0, 0.1) is 25.2 Å². The summed E-state index contributed by atoms with van der Waals surface area (Å²) in [5.41, 5.74) is 3.98. The fourth-order valence-corrected chi connectivity index (χ4v) is 12.3. The zero-order chi connectivity index (χ0) is 53.1. The van der Waals surface area contributed by atoms with Gasteiger partial charge in [-0.15, -0.1) is 10.2 Å². The second kappa shape index (κ2) is 19.7. The molecule has 8 rings (SSSR count). The van der Waals surface area contributed by atoms with Crippen molar-refractivity contribution in [3.8, 4) is 11.2 Å². The van der Waals surface area contributed by atoms with Gasteiger partial charge in [-0.3, -0.25) is 23.1 Å². The molecule has 0 aliphatic rings. The highest BCUT2D eigenvalue weighted by Crippen LogP contribution is 2.46. The Bertz CT molecular complexity index is 4080. The van der Waals surface area contributed by atoms with Crippen molar-refractivity contribution in [3.05, 3.63) is 106 Å². The van der Waals surface area contributed by atoms with Crippen molar-refractivity contribution in [2.24, 2.45) is 10.2 Å². The molecule has 0 aliphatic carbocycles. The number of azo groups is 1. The van der Waals surface area contributed by atoms with Crippen LogP contribution in [-0.2, 0) is 66.2 Å². The van der Waals surface area contributed by atoms with Gasteiger partial charge in [-0.1, -0.05) is 50.4 Å². The van der Waals surface area contributed by atoms with E-state index in [4.69, 9.17) is 9.97 Å². The zero-order valence-corrected chi connectivity index (χ0v) is 44.1. The van der Waals surface area contributed by atoms with Crippen LogP contribution < -0.4 is 10.2 Å². The van der Waals surface area contributed by atoms with Gasteiger partial charge in [0.1, 0.15) is 23.1 Å². The SMILES string of the molecule is CCc1cc(S(=O)(=O)O)cc(CC)c1Nc1nc(N(c2nc3ccc(S(=O)(=O)O)cc3s2)c2c(CC)cc(S(=O)(=O)O)cc2CC)cc(C)c1N=Nc1c(C#N)c(C)nn1-c1nc2ccc(S(=O)(=O)O)cc2s1. The minimum atomic E-state index is -4.70. The van der Waals surface area contributed by atoms with Crippen molar-refractivity contribution < 1.29 is 51.9 Å². The minimum absolute atomic E-state index is 0.00667. The molecule has 28 heteroatoms. The molecule has 0 unspecified atom stereocenters. The predicted molar refractivity (Wildman–Crippen MR) is 274 cm³/mol. The summed E-state index contributed by atoms with van der Waals surface area (Å²) in [5.74, 6) is 0.0659. The van der Waals surface area contributed by atoms with E-state index in [-0.39, 0.29) is 89.9 Å². The molecule has 5 N–H and O–H groups in total. The average Bonchev–Trinajstić information content (AvgIpc) is 4.04. The molecule has 4 heterocycles. The van der Waals surface area contributed by atoms with E-state index in [0.29, 0.717) is 59.6 Å². The largest absolute Gasteiger partial charge is 0.338 e. The third-order valence-corrected chi connectivity index (χ3v) is 16.9. The number of rotatable bonds is 16. The van der Waals surface area contributed by atoms with E-state index in [2.05, 4.69) is 31.7 Å². The maximum Gasteiger partial charge on any atom is 0.294 e. The molecule has 0 atom stereocenters. The highest BCUT2D eigenvalue weighted by Gasteiger charge is 2.29. The molecule has 22 nitrogen and oxygen atoms in total. The number of nitrogens with one attached hydrogen (secondary N) is 1. The van der Waals surface area contributed by atoms with Crippen LogP contribution in [0.4, 0.5) is 39.6 Å². The summed E-state index contributed by atoms with van der Waals surface area (Å²) in [4.78, 5) is 14.8. The Morgan fingerprint density at radius 2 is 1.14 bits per heavy atom. The maximum absolute atomic E-state index is 12.6. The first-order valence-electron chi connectivity index (χ1n) is 21.8. The van der Waals surface area contributed by atoms with Gasteiger partial charge in [0.05, 0.1) is 51.4 Å². The molecule has 0 aliphatic heterocycles. The lowest BCUT2D eigenvalue weighted by Crippen LogP contribution is -2.17. The van der Waals surface area contributed by atoms with Gasteiger partial charge in [0.15, 0.2) is 16.8 Å². The monoisotopic (exact) mass is 1110 g/mol. The van der Waals surface area contributed by atoms with E-state index in [1.807, 2.05) is 0 Å². The average molecular weight is 1110 g/mol. The fourth-order valence-electron chi connectivity index (χ4n) is 7.97. The lowest BCUT2D eigenvalue weighted by atomic mass is 10.0. The first-order chi connectivity index (χ1) is 34.3.